The van der Waals surface area contributed by atoms with E-state index in [0.717, 1.165) is 0 Å². The van der Waals surface area contributed by atoms with Crippen LogP contribution in [0.1, 0.15) is 12.8 Å². The van der Waals surface area contributed by atoms with E-state index in [2.05, 4.69) is 10.1 Å². The Morgan fingerprint density at radius 2 is 2.00 bits per heavy atom. The van der Waals surface area contributed by atoms with Gasteiger partial charge in [0.05, 0.1) is 7.11 Å². The molecular weight excluding hydrogens is 216 g/mol. The van der Waals surface area contributed by atoms with Crippen LogP contribution in [0.25, 0.3) is 0 Å². The lowest BCUT2D eigenvalue weighted by molar-refractivity contribution is -0.137. The van der Waals surface area contributed by atoms with Gasteiger partial charge in [-0.15, -0.1) is 0 Å². The first kappa shape index (κ1) is 14.2. The van der Waals surface area contributed by atoms with Crippen molar-refractivity contribution in [3.63, 3.8) is 0 Å². The highest BCUT2D eigenvalue weighted by molar-refractivity contribution is 5.82. The lowest BCUT2D eigenvalue weighted by Gasteiger charge is -2.16. The van der Waals surface area contributed by atoms with E-state index < -0.39 is 12.1 Å². The number of carbonyl (C=O) groups excluding carboxylic acids is 2. The van der Waals surface area contributed by atoms with Crippen molar-refractivity contribution in [2.24, 2.45) is 0 Å². The molecule has 0 heterocycles. The van der Waals surface area contributed by atoms with Crippen LogP contribution in [-0.2, 0) is 14.3 Å². The van der Waals surface area contributed by atoms with E-state index in [0.29, 0.717) is 13.0 Å². The number of carboxylic acids is 1. The Bertz CT molecular complexity index is 267. The molecule has 0 aliphatic rings. The molecule has 0 saturated heterocycles. The maximum atomic E-state index is 11.3. The Labute approximate surface area is 93.4 Å². The molecule has 0 radical (unpaired) electrons. The Morgan fingerprint density at radius 1 is 1.38 bits per heavy atom. The van der Waals surface area contributed by atoms with Gasteiger partial charge in [-0.25, -0.2) is 4.79 Å². The molecular formula is C9H16N2O5. The quantitative estimate of drug-likeness (QED) is 0.653. The lowest BCUT2D eigenvalue weighted by atomic mass is 10.3. The number of aliphatic carboxylic acids is 1. The standard InChI is InChI=1S/C9H16N2O5/c1-11(5-3-4-8(13)14)7(12)6-10-9(15)16-2/h3-6H2,1-2H3,(H,10,15)(H,13,14). The number of ether oxygens (including phenoxy) is 1. The molecule has 0 bridgehead atoms. The lowest BCUT2D eigenvalue weighted by Crippen LogP contribution is -2.38. The van der Waals surface area contributed by atoms with Gasteiger partial charge < -0.3 is 20.1 Å². The molecule has 2 N–H and O–H groups in total. The largest absolute Gasteiger partial charge is 0.481 e. The van der Waals surface area contributed by atoms with Crippen LogP contribution in [-0.4, -0.2) is 55.2 Å². The van der Waals surface area contributed by atoms with Gasteiger partial charge in [0.1, 0.15) is 6.54 Å². The van der Waals surface area contributed by atoms with Gasteiger partial charge in [0.25, 0.3) is 0 Å². The highest BCUT2D eigenvalue weighted by Crippen LogP contribution is 1.93. The highest BCUT2D eigenvalue weighted by Gasteiger charge is 2.10. The van der Waals surface area contributed by atoms with Crippen molar-refractivity contribution in [1.29, 1.82) is 0 Å². The molecule has 0 aliphatic heterocycles. The van der Waals surface area contributed by atoms with Crippen molar-refractivity contribution in [2.45, 2.75) is 12.8 Å². The summed E-state index contributed by atoms with van der Waals surface area (Å²) in [4.78, 5) is 33.6. The van der Waals surface area contributed by atoms with Crippen molar-refractivity contribution in [3.8, 4) is 0 Å². The summed E-state index contributed by atoms with van der Waals surface area (Å²) in [6.45, 7) is 0.185. The number of nitrogens with one attached hydrogen (secondary N) is 1. The molecule has 0 aliphatic carbocycles. The van der Waals surface area contributed by atoms with E-state index in [9.17, 15) is 14.4 Å². The number of carboxylic acid groups (broad SMARTS) is 1. The van der Waals surface area contributed by atoms with Gasteiger partial charge in [-0.1, -0.05) is 0 Å². The van der Waals surface area contributed by atoms with Crippen LogP contribution >= 0.6 is 0 Å². The number of carbonyl (C=O) groups is 3. The van der Waals surface area contributed by atoms with Crippen molar-refractivity contribution in [1.82, 2.24) is 10.2 Å². The van der Waals surface area contributed by atoms with Gasteiger partial charge in [-0.05, 0) is 6.42 Å². The van der Waals surface area contributed by atoms with Crippen molar-refractivity contribution in [3.05, 3.63) is 0 Å². The average Bonchev–Trinajstić information content (AvgIpc) is 2.24. The average molecular weight is 232 g/mol. The molecule has 0 aromatic heterocycles. The number of amides is 2. The second-order valence-electron chi connectivity index (χ2n) is 3.16. The normalized spacial score (nSPS) is 9.38. The number of rotatable bonds is 6. The maximum Gasteiger partial charge on any atom is 0.407 e. The minimum atomic E-state index is -0.895. The fraction of sp³-hybridized carbons (Fsp3) is 0.667. The molecule has 92 valence electrons. The number of methoxy groups -OCH3 is 1. The summed E-state index contributed by atoms with van der Waals surface area (Å²) in [6, 6.07) is 0. The van der Waals surface area contributed by atoms with E-state index in [4.69, 9.17) is 5.11 Å². The zero-order chi connectivity index (χ0) is 12.6. The van der Waals surface area contributed by atoms with Gasteiger partial charge in [0.15, 0.2) is 0 Å². The molecule has 0 saturated carbocycles. The fourth-order valence-corrected chi connectivity index (χ4v) is 0.947. The van der Waals surface area contributed by atoms with Gasteiger partial charge >= 0.3 is 12.1 Å². The summed E-state index contributed by atoms with van der Waals surface area (Å²) in [6.07, 6.45) is -0.273. The monoisotopic (exact) mass is 232 g/mol. The SMILES string of the molecule is COC(=O)NCC(=O)N(C)CCCC(=O)O. The zero-order valence-corrected chi connectivity index (χ0v) is 9.36. The van der Waals surface area contributed by atoms with Crippen molar-refractivity contribution < 1.29 is 24.2 Å². The maximum absolute atomic E-state index is 11.3. The minimum absolute atomic E-state index is 0.0159. The van der Waals surface area contributed by atoms with Crippen LogP contribution in [0.4, 0.5) is 4.79 Å². The molecule has 0 aromatic rings. The second-order valence-corrected chi connectivity index (χ2v) is 3.16. The third-order valence-electron chi connectivity index (χ3n) is 1.88. The number of hydrogen-bond acceptors (Lipinski definition) is 4. The molecule has 0 aromatic carbocycles. The molecule has 7 nitrogen and oxygen atoms in total. The summed E-state index contributed by atoms with van der Waals surface area (Å²) in [5.74, 6) is -1.19. The zero-order valence-electron chi connectivity index (χ0n) is 9.36. The van der Waals surface area contributed by atoms with Gasteiger partial charge in [-0.3, -0.25) is 9.59 Å². The molecule has 0 spiro atoms. The fourth-order valence-electron chi connectivity index (χ4n) is 0.947. The summed E-state index contributed by atoms with van der Waals surface area (Å²) in [5.41, 5.74) is 0. The Kier molecular flexibility index (Phi) is 6.66. The van der Waals surface area contributed by atoms with Crippen LogP contribution in [0.15, 0.2) is 0 Å². The number of alkyl carbamates (subject to hydrolysis) is 1. The minimum Gasteiger partial charge on any atom is -0.481 e. The number of nitrogens with zero attached hydrogens (tertiary/aromatic N) is 1. The van der Waals surface area contributed by atoms with E-state index in [-0.39, 0.29) is 18.9 Å². The first-order chi connectivity index (χ1) is 7.47. The van der Waals surface area contributed by atoms with Crippen LogP contribution in [0, 0.1) is 0 Å². The summed E-state index contributed by atoms with van der Waals surface area (Å²) < 4.78 is 4.29. The van der Waals surface area contributed by atoms with Crippen LogP contribution in [0.2, 0.25) is 0 Å². The van der Waals surface area contributed by atoms with E-state index in [1.165, 1.54) is 12.0 Å². The molecule has 0 fully saturated rings. The topological polar surface area (TPSA) is 95.9 Å². The first-order valence-corrected chi connectivity index (χ1v) is 4.75. The van der Waals surface area contributed by atoms with Gasteiger partial charge in [0.2, 0.25) is 5.91 Å². The molecule has 0 unspecified atom stereocenters. The predicted molar refractivity (Wildman–Crippen MR) is 54.9 cm³/mol. The van der Waals surface area contributed by atoms with Gasteiger partial charge in [-0.2, -0.15) is 0 Å². The molecule has 16 heavy (non-hydrogen) atoms. The van der Waals surface area contributed by atoms with Crippen LogP contribution in [0.5, 0.6) is 0 Å². The predicted octanol–water partition coefficient (Wildman–Crippen LogP) is -0.334. The van der Waals surface area contributed by atoms with Crippen molar-refractivity contribution >= 4 is 18.0 Å². The van der Waals surface area contributed by atoms with Crippen LogP contribution in [0.3, 0.4) is 0 Å². The molecule has 7 heteroatoms. The summed E-state index contributed by atoms with van der Waals surface area (Å²) >= 11 is 0. The Morgan fingerprint density at radius 3 is 2.50 bits per heavy atom. The Hall–Kier alpha value is -1.79. The van der Waals surface area contributed by atoms with E-state index in [1.807, 2.05) is 0 Å². The number of likely N-dealkylation sites (N-methyl/N-ethyl adjacent to an activating group) is 1. The van der Waals surface area contributed by atoms with Crippen molar-refractivity contribution in [2.75, 3.05) is 27.2 Å². The number of hydrogen-bond donors (Lipinski definition) is 2. The Balaban J connectivity index is 3.73. The highest BCUT2D eigenvalue weighted by atomic mass is 16.5. The second kappa shape index (κ2) is 7.49. The van der Waals surface area contributed by atoms with Gasteiger partial charge in [0, 0.05) is 20.0 Å². The van der Waals surface area contributed by atoms with E-state index in [1.54, 1.807) is 7.05 Å². The van der Waals surface area contributed by atoms with Crippen LogP contribution < -0.4 is 5.32 Å². The summed E-state index contributed by atoms with van der Waals surface area (Å²) in [5, 5.41) is 10.6. The molecule has 0 rings (SSSR count). The first-order valence-electron chi connectivity index (χ1n) is 4.75. The third-order valence-corrected chi connectivity index (χ3v) is 1.88. The summed E-state index contributed by atoms with van der Waals surface area (Å²) in [7, 11) is 2.75. The molecule has 2 amide bonds. The molecule has 0 atom stereocenters. The smallest absolute Gasteiger partial charge is 0.407 e. The third kappa shape index (κ3) is 6.63. The van der Waals surface area contributed by atoms with E-state index >= 15 is 0 Å².